The Hall–Kier alpha value is -3.48. The molecule has 1 nitrogen and oxygen atoms in total. The van der Waals surface area contributed by atoms with Crippen molar-refractivity contribution in [2.45, 2.75) is 19.4 Å². The van der Waals surface area contributed by atoms with E-state index in [1.807, 2.05) is 18.2 Å². The third kappa shape index (κ3) is 5.36. The van der Waals surface area contributed by atoms with E-state index in [1.165, 1.54) is 28.8 Å². The first-order chi connectivity index (χ1) is 15.1. The average molecular weight is 412 g/mol. The second kappa shape index (κ2) is 9.55. The number of hydrogen-bond acceptors (Lipinski definition) is 1. The Morgan fingerprint density at radius 1 is 0.613 bits per heavy atom. The molecule has 31 heavy (non-hydrogen) atoms. The van der Waals surface area contributed by atoms with Crippen molar-refractivity contribution in [1.29, 1.82) is 0 Å². The van der Waals surface area contributed by atoms with Gasteiger partial charge in [0.05, 0.1) is 6.61 Å². The summed E-state index contributed by atoms with van der Waals surface area (Å²) in [6, 6.07) is 24.5. The second-order valence-corrected chi connectivity index (χ2v) is 7.52. The van der Waals surface area contributed by atoms with Crippen molar-refractivity contribution in [2.24, 2.45) is 0 Å². The highest BCUT2D eigenvalue weighted by atomic mass is 19.2. The monoisotopic (exact) mass is 412 g/mol. The van der Waals surface area contributed by atoms with Gasteiger partial charge in [-0.3, -0.25) is 0 Å². The van der Waals surface area contributed by atoms with Crippen LogP contribution >= 0.6 is 0 Å². The molecule has 0 radical (unpaired) electrons. The van der Waals surface area contributed by atoms with Crippen molar-refractivity contribution < 1.29 is 13.5 Å². The van der Waals surface area contributed by atoms with Gasteiger partial charge in [-0.25, -0.2) is 8.78 Å². The lowest BCUT2D eigenvalue weighted by atomic mass is 10.0. The predicted octanol–water partition coefficient (Wildman–Crippen LogP) is 6.45. The molecule has 4 aromatic carbocycles. The van der Waals surface area contributed by atoms with Crippen LogP contribution in [0, 0.1) is 23.5 Å². The van der Waals surface area contributed by atoms with Crippen LogP contribution in [-0.4, -0.2) is 7.11 Å². The molecular formula is C28H22F2O. The lowest BCUT2D eigenvalue weighted by Gasteiger charge is -2.04. The van der Waals surface area contributed by atoms with Crippen LogP contribution in [0.4, 0.5) is 8.78 Å². The van der Waals surface area contributed by atoms with Crippen LogP contribution in [0.5, 0.6) is 0 Å². The highest BCUT2D eigenvalue weighted by Gasteiger charge is 2.04. The molecule has 0 atom stereocenters. The van der Waals surface area contributed by atoms with Gasteiger partial charge in [0.1, 0.15) is 0 Å². The second-order valence-electron chi connectivity index (χ2n) is 7.52. The summed E-state index contributed by atoms with van der Waals surface area (Å²) in [7, 11) is 1.70. The summed E-state index contributed by atoms with van der Waals surface area (Å²) in [5.41, 5.74) is 5.42. The zero-order chi connectivity index (χ0) is 21.6. The first-order valence-corrected chi connectivity index (χ1v) is 10.2. The fourth-order valence-corrected chi connectivity index (χ4v) is 3.48. The number of methoxy groups -OCH3 is 1. The van der Waals surface area contributed by atoms with Crippen molar-refractivity contribution in [1.82, 2.24) is 0 Å². The van der Waals surface area contributed by atoms with Crippen molar-refractivity contribution in [3.05, 3.63) is 118 Å². The van der Waals surface area contributed by atoms with Crippen molar-refractivity contribution in [3.8, 4) is 11.8 Å². The fourth-order valence-electron chi connectivity index (χ4n) is 3.48. The number of halogens is 2. The minimum atomic E-state index is -0.848. The van der Waals surface area contributed by atoms with E-state index < -0.39 is 11.6 Å². The highest BCUT2D eigenvalue weighted by Crippen LogP contribution is 2.20. The van der Waals surface area contributed by atoms with E-state index in [-0.39, 0.29) is 0 Å². The standard InChI is InChI=1S/C28H22F2O/c1-31-19-24-12-9-22(10-13-24)7-4-20-2-5-21(6-3-20)8-11-23-14-15-25-17-27(29)28(30)18-26(25)16-23/h2-3,5-6,9-10,12-18H,4,7,19H2,1H3. The minimum absolute atomic E-state index is 0.635. The largest absolute Gasteiger partial charge is 0.380 e. The van der Waals surface area contributed by atoms with Crippen molar-refractivity contribution >= 4 is 10.8 Å². The van der Waals surface area contributed by atoms with E-state index in [4.69, 9.17) is 4.74 Å². The Morgan fingerprint density at radius 3 is 1.77 bits per heavy atom. The number of hydrogen-bond donors (Lipinski definition) is 0. The third-order valence-electron chi connectivity index (χ3n) is 5.22. The topological polar surface area (TPSA) is 9.23 Å². The maximum absolute atomic E-state index is 13.5. The Kier molecular flexibility index (Phi) is 6.40. The van der Waals surface area contributed by atoms with Crippen LogP contribution in [0.25, 0.3) is 10.8 Å². The van der Waals surface area contributed by atoms with Crippen molar-refractivity contribution in [2.75, 3.05) is 7.11 Å². The molecule has 154 valence electrons. The maximum atomic E-state index is 13.5. The quantitative estimate of drug-likeness (QED) is 0.342. The Morgan fingerprint density at radius 2 is 1.13 bits per heavy atom. The molecule has 4 rings (SSSR count). The van der Waals surface area contributed by atoms with Gasteiger partial charge >= 0.3 is 0 Å². The fraction of sp³-hybridized carbons (Fsp3) is 0.143. The van der Waals surface area contributed by atoms with Crippen LogP contribution in [0.1, 0.15) is 27.8 Å². The van der Waals surface area contributed by atoms with Crippen LogP contribution in [0.2, 0.25) is 0 Å². The Labute approximate surface area is 181 Å². The molecule has 0 saturated heterocycles. The average Bonchev–Trinajstić information content (AvgIpc) is 2.79. The van der Waals surface area contributed by atoms with E-state index >= 15 is 0 Å². The molecule has 0 amide bonds. The number of fused-ring (bicyclic) bond motifs is 1. The molecule has 0 spiro atoms. The summed E-state index contributed by atoms with van der Waals surface area (Å²) < 4.78 is 32.0. The van der Waals surface area contributed by atoms with Gasteiger partial charge < -0.3 is 4.74 Å². The Balaban J connectivity index is 1.40. The number of aryl methyl sites for hydroxylation is 2. The van der Waals surface area contributed by atoms with Gasteiger partial charge in [0.25, 0.3) is 0 Å². The molecule has 0 heterocycles. The molecular weight excluding hydrogens is 390 g/mol. The molecule has 0 bridgehead atoms. The molecule has 0 N–H and O–H groups in total. The molecule has 0 aromatic heterocycles. The lowest BCUT2D eigenvalue weighted by molar-refractivity contribution is 0.185. The van der Waals surface area contributed by atoms with E-state index in [9.17, 15) is 8.78 Å². The first-order valence-electron chi connectivity index (χ1n) is 10.2. The smallest absolute Gasteiger partial charge is 0.159 e. The van der Waals surface area contributed by atoms with Crippen LogP contribution in [-0.2, 0) is 24.2 Å². The molecule has 0 fully saturated rings. The summed E-state index contributed by atoms with van der Waals surface area (Å²) in [5.74, 6) is 4.56. The molecule has 0 aliphatic carbocycles. The molecule has 0 aliphatic heterocycles. The molecule has 3 heteroatoms. The molecule has 0 saturated carbocycles. The Bertz CT molecular complexity index is 1250. The summed E-state index contributed by atoms with van der Waals surface area (Å²) in [6.07, 6.45) is 1.94. The highest BCUT2D eigenvalue weighted by molar-refractivity contribution is 5.84. The van der Waals surface area contributed by atoms with E-state index in [2.05, 4.69) is 48.2 Å². The summed E-state index contributed by atoms with van der Waals surface area (Å²) in [5, 5.41) is 1.29. The third-order valence-corrected chi connectivity index (χ3v) is 5.22. The summed E-state index contributed by atoms with van der Waals surface area (Å²) in [4.78, 5) is 0. The molecule has 4 aromatic rings. The van der Waals surface area contributed by atoms with E-state index in [1.54, 1.807) is 19.2 Å². The normalized spacial score (nSPS) is 10.7. The van der Waals surface area contributed by atoms with Gasteiger partial charge in [0.15, 0.2) is 11.6 Å². The molecule has 0 aliphatic rings. The van der Waals surface area contributed by atoms with Gasteiger partial charge in [-0.05, 0) is 76.7 Å². The maximum Gasteiger partial charge on any atom is 0.159 e. The number of ether oxygens (including phenoxy) is 1. The minimum Gasteiger partial charge on any atom is -0.380 e. The van der Waals surface area contributed by atoms with Gasteiger partial charge in [-0.1, -0.05) is 54.3 Å². The van der Waals surface area contributed by atoms with Crippen LogP contribution in [0.15, 0.2) is 78.9 Å². The number of rotatable bonds is 5. The van der Waals surface area contributed by atoms with Gasteiger partial charge in [-0.15, -0.1) is 0 Å². The van der Waals surface area contributed by atoms with E-state index in [0.717, 1.165) is 24.0 Å². The van der Waals surface area contributed by atoms with E-state index in [0.29, 0.717) is 17.4 Å². The van der Waals surface area contributed by atoms with Crippen LogP contribution < -0.4 is 0 Å². The van der Waals surface area contributed by atoms with Gasteiger partial charge in [0, 0.05) is 18.2 Å². The van der Waals surface area contributed by atoms with Gasteiger partial charge in [0.2, 0.25) is 0 Å². The molecule has 0 unspecified atom stereocenters. The lowest BCUT2D eigenvalue weighted by Crippen LogP contribution is -1.93. The summed E-state index contributed by atoms with van der Waals surface area (Å²) >= 11 is 0. The predicted molar refractivity (Wildman–Crippen MR) is 121 cm³/mol. The summed E-state index contributed by atoms with van der Waals surface area (Å²) in [6.45, 7) is 0.636. The van der Waals surface area contributed by atoms with Gasteiger partial charge in [-0.2, -0.15) is 0 Å². The van der Waals surface area contributed by atoms with Crippen LogP contribution in [0.3, 0.4) is 0 Å². The SMILES string of the molecule is COCc1ccc(CCc2ccc(C#Cc3ccc4cc(F)c(F)cc4c3)cc2)cc1. The number of benzene rings is 4. The van der Waals surface area contributed by atoms with Crippen molar-refractivity contribution in [3.63, 3.8) is 0 Å². The first kappa shape index (κ1) is 20.8. The zero-order valence-corrected chi connectivity index (χ0v) is 17.3. The zero-order valence-electron chi connectivity index (χ0n) is 17.3.